The monoisotopic (exact) mass is 248 g/mol. The Hall–Kier alpha value is -1.58. The summed E-state index contributed by atoms with van der Waals surface area (Å²) in [6.07, 6.45) is 0. The predicted octanol–water partition coefficient (Wildman–Crippen LogP) is 3.29. The molecule has 0 fully saturated rings. The molecule has 0 saturated carbocycles. The van der Waals surface area contributed by atoms with Crippen LogP contribution >= 0.6 is 11.6 Å². The Labute approximate surface area is 105 Å². The molecule has 0 atom stereocenters. The second-order valence-corrected chi connectivity index (χ2v) is 4.10. The summed E-state index contributed by atoms with van der Waals surface area (Å²) < 4.78 is 5.61. The van der Waals surface area contributed by atoms with Gasteiger partial charge in [0, 0.05) is 18.3 Å². The van der Waals surface area contributed by atoms with Crippen LogP contribution in [0.1, 0.15) is 11.3 Å². The van der Waals surface area contributed by atoms with E-state index in [0.29, 0.717) is 23.2 Å². The third kappa shape index (κ3) is 2.96. The van der Waals surface area contributed by atoms with Crippen molar-refractivity contribution in [3.63, 3.8) is 0 Å². The number of aryl methyl sites for hydroxylation is 1. The molecule has 0 aliphatic carbocycles. The van der Waals surface area contributed by atoms with Gasteiger partial charge < -0.3 is 10.5 Å². The van der Waals surface area contributed by atoms with Gasteiger partial charge in [0.25, 0.3) is 0 Å². The van der Waals surface area contributed by atoms with Gasteiger partial charge in [-0.15, -0.1) is 0 Å². The number of hydrogen-bond donors (Lipinski definition) is 1. The first-order valence-corrected chi connectivity index (χ1v) is 5.67. The van der Waals surface area contributed by atoms with Crippen molar-refractivity contribution in [3.8, 4) is 11.6 Å². The van der Waals surface area contributed by atoms with E-state index in [1.165, 1.54) is 0 Å². The van der Waals surface area contributed by atoms with E-state index >= 15 is 0 Å². The first kappa shape index (κ1) is 11.9. The average Bonchev–Trinajstić information content (AvgIpc) is 2.32. The number of pyridine rings is 1. The zero-order chi connectivity index (χ0) is 12.3. The van der Waals surface area contributed by atoms with Gasteiger partial charge >= 0.3 is 0 Å². The maximum atomic E-state index is 6.09. The molecule has 2 rings (SSSR count). The summed E-state index contributed by atoms with van der Waals surface area (Å²) in [5, 5.41) is 0.538. The van der Waals surface area contributed by atoms with Crippen LogP contribution in [0, 0.1) is 6.92 Å². The van der Waals surface area contributed by atoms with Crippen molar-refractivity contribution in [1.29, 1.82) is 0 Å². The lowest BCUT2D eigenvalue weighted by molar-refractivity contribution is 0.462. The van der Waals surface area contributed by atoms with Crippen LogP contribution in [0.5, 0.6) is 11.6 Å². The first-order chi connectivity index (χ1) is 8.19. The third-order valence-corrected chi connectivity index (χ3v) is 2.60. The number of rotatable bonds is 3. The molecule has 17 heavy (non-hydrogen) atoms. The van der Waals surface area contributed by atoms with Crippen LogP contribution in [0.25, 0.3) is 0 Å². The third-order valence-electron chi connectivity index (χ3n) is 2.31. The molecule has 0 aliphatic heterocycles. The highest BCUT2D eigenvalue weighted by atomic mass is 35.5. The number of ether oxygens (including phenoxy) is 1. The van der Waals surface area contributed by atoms with E-state index in [1.54, 1.807) is 18.2 Å². The number of hydrogen-bond acceptors (Lipinski definition) is 3. The minimum Gasteiger partial charge on any atom is -0.437 e. The summed E-state index contributed by atoms with van der Waals surface area (Å²) in [4.78, 5) is 4.25. The van der Waals surface area contributed by atoms with Crippen LogP contribution in [0.15, 0.2) is 36.4 Å². The van der Waals surface area contributed by atoms with Crippen molar-refractivity contribution in [2.24, 2.45) is 5.73 Å². The number of benzene rings is 1. The molecule has 1 aromatic carbocycles. The lowest BCUT2D eigenvalue weighted by atomic mass is 10.2. The highest BCUT2D eigenvalue weighted by Crippen LogP contribution is 2.29. The van der Waals surface area contributed by atoms with Crippen LogP contribution in [0.4, 0.5) is 0 Å². The average molecular weight is 249 g/mol. The van der Waals surface area contributed by atoms with Crippen molar-refractivity contribution in [1.82, 2.24) is 4.98 Å². The van der Waals surface area contributed by atoms with E-state index in [0.717, 1.165) is 11.3 Å². The summed E-state index contributed by atoms with van der Waals surface area (Å²) in [6, 6.07) is 11.1. The molecule has 4 heteroatoms. The van der Waals surface area contributed by atoms with Gasteiger partial charge in [0.05, 0.1) is 5.02 Å². The van der Waals surface area contributed by atoms with Gasteiger partial charge in [-0.05, 0) is 30.7 Å². The summed E-state index contributed by atoms with van der Waals surface area (Å²) in [7, 11) is 0. The Balaban J connectivity index is 2.24. The predicted molar refractivity (Wildman–Crippen MR) is 68.4 cm³/mol. The maximum Gasteiger partial charge on any atom is 0.219 e. The SMILES string of the molecule is Cc1cccc(Oc2ccc(CN)cc2Cl)n1. The van der Waals surface area contributed by atoms with Gasteiger partial charge in [0.15, 0.2) is 0 Å². The second-order valence-electron chi connectivity index (χ2n) is 3.69. The largest absolute Gasteiger partial charge is 0.437 e. The number of aromatic nitrogens is 1. The summed E-state index contributed by atoms with van der Waals surface area (Å²) in [5.74, 6) is 1.12. The zero-order valence-electron chi connectivity index (χ0n) is 9.48. The van der Waals surface area contributed by atoms with Crippen molar-refractivity contribution in [2.45, 2.75) is 13.5 Å². The minimum atomic E-state index is 0.461. The van der Waals surface area contributed by atoms with Crippen molar-refractivity contribution in [2.75, 3.05) is 0 Å². The Bertz CT molecular complexity index is 529. The van der Waals surface area contributed by atoms with Crippen molar-refractivity contribution in [3.05, 3.63) is 52.7 Å². The molecule has 3 nitrogen and oxygen atoms in total. The van der Waals surface area contributed by atoms with Crippen LogP contribution < -0.4 is 10.5 Å². The number of halogens is 1. The summed E-state index contributed by atoms with van der Waals surface area (Å²) >= 11 is 6.09. The molecule has 2 N–H and O–H groups in total. The lowest BCUT2D eigenvalue weighted by Crippen LogP contribution is -1.96. The molecule has 0 bridgehead atoms. The fourth-order valence-corrected chi connectivity index (χ4v) is 1.68. The molecule has 0 unspecified atom stereocenters. The highest BCUT2D eigenvalue weighted by molar-refractivity contribution is 6.32. The Morgan fingerprint density at radius 2 is 2.12 bits per heavy atom. The topological polar surface area (TPSA) is 48.1 Å². The molecule has 88 valence electrons. The molecule has 0 saturated heterocycles. The molecule has 1 heterocycles. The van der Waals surface area contributed by atoms with Crippen LogP contribution in [-0.2, 0) is 6.54 Å². The normalized spacial score (nSPS) is 10.3. The molecular weight excluding hydrogens is 236 g/mol. The van der Waals surface area contributed by atoms with E-state index in [-0.39, 0.29) is 0 Å². The fraction of sp³-hybridized carbons (Fsp3) is 0.154. The molecule has 0 amide bonds. The molecule has 2 aromatic rings. The van der Waals surface area contributed by atoms with Crippen LogP contribution in [-0.4, -0.2) is 4.98 Å². The van der Waals surface area contributed by atoms with E-state index in [9.17, 15) is 0 Å². The second kappa shape index (κ2) is 5.17. The zero-order valence-corrected chi connectivity index (χ0v) is 10.2. The Morgan fingerprint density at radius 1 is 1.29 bits per heavy atom. The highest BCUT2D eigenvalue weighted by Gasteiger charge is 2.04. The fourth-order valence-electron chi connectivity index (χ4n) is 1.44. The van der Waals surface area contributed by atoms with E-state index in [2.05, 4.69) is 4.98 Å². The van der Waals surface area contributed by atoms with E-state index < -0.39 is 0 Å². The quantitative estimate of drug-likeness (QED) is 0.907. The van der Waals surface area contributed by atoms with Gasteiger partial charge in [-0.25, -0.2) is 4.98 Å². The molecular formula is C13H13ClN2O. The van der Waals surface area contributed by atoms with Crippen molar-refractivity contribution < 1.29 is 4.74 Å². The van der Waals surface area contributed by atoms with Gasteiger partial charge in [-0.3, -0.25) is 0 Å². The Kier molecular flexibility index (Phi) is 3.61. The maximum absolute atomic E-state index is 6.09. The molecule has 0 spiro atoms. The van der Waals surface area contributed by atoms with Gasteiger partial charge in [-0.2, -0.15) is 0 Å². The van der Waals surface area contributed by atoms with Crippen LogP contribution in [0.2, 0.25) is 5.02 Å². The Morgan fingerprint density at radius 3 is 2.76 bits per heavy atom. The summed E-state index contributed by atoms with van der Waals surface area (Å²) in [5.41, 5.74) is 7.40. The lowest BCUT2D eigenvalue weighted by Gasteiger charge is -2.08. The molecule has 0 aliphatic rings. The molecule has 1 aromatic heterocycles. The van der Waals surface area contributed by atoms with Crippen molar-refractivity contribution >= 4 is 11.6 Å². The number of nitrogens with zero attached hydrogens (tertiary/aromatic N) is 1. The standard InChI is InChI=1S/C13H13ClN2O/c1-9-3-2-4-13(16-9)17-12-6-5-10(8-15)7-11(12)14/h2-7H,8,15H2,1H3. The first-order valence-electron chi connectivity index (χ1n) is 5.29. The van der Waals surface area contributed by atoms with E-state index in [1.807, 2.05) is 25.1 Å². The summed E-state index contributed by atoms with van der Waals surface area (Å²) in [6.45, 7) is 2.37. The van der Waals surface area contributed by atoms with E-state index in [4.69, 9.17) is 22.1 Å². The van der Waals surface area contributed by atoms with Crippen LogP contribution in [0.3, 0.4) is 0 Å². The smallest absolute Gasteiger partial charge is 0.219 e. The minimum absolute atomic E-state index is 0.461. The molecule has 0 radical (unpaired) electrons. The number of nitrogens with two attached hydrogens (primary N) is 1. The van der Waals surface area contributed by atoms with Gasteiger partial charge in [0.2, 0.25) is 5.88 Å². The van der Waals surface area contributed by atoms with Gasteiger partial charge in [0.1, 0.15) is 5.75 Å². The van der Waals surface area contributed by atoms with Gasteiger partial charge in [-0.1, -0.05) is 23.7 Å².